The molecule has 20 aromatic rings. The highest BCUT2D eigenvalue weighted by Gasteiger charge is 2.28. The Morgan fingerprint density at radius 3 is 1.23 bits per heavy atom. The van der Waals surface area contributed by atoms with E-state index < -0.39 is 0 Å². The Bertz CT molecular complexity index is 6460. The van der Waals surface area contributed by atoms with Gasteiger partial charge < -0.3 is 35.6 Å². The Kier molecular flexibility index (Phi) is 17.7. The van der Waals surface area contributed by atoms with Gasteiger partial charge in [0.05, 0.1) is 42.6 Å². The van der Waals surface area contributed by atoms with Gasteiger partial charge in [0, 0.05) is 117 Å². The molecule has 0 aliphatic rings. The van der Waals surface area contributed by atoms with Gasteiger partial charge in [-0.1, -0.05) is 47.7 Å². The minimum atomic E-state index is 0.563. The minimum Gasteiger partial charge on any atom is -0.439 e. The summed E-state index contributed by atoms with van der Waals surface area (Å²) in [6, 6.07) is 52.4. The fraction of sp³-hybridized carbons (Fsp3) is 0.195. The molecule has 0 saturated carbocycles. The van der Waals surface area contributed by atoms with Crippen LogP contribution in [0.25, 0.3) is 164 Å². The van der Waals surface area contributed by atoms with Crippen molar-refractivity contribution in [3.63, 3.8) is 0 Å². The van der Waals surface area contributed by atoms with Crippen LogP contribution in [0.5, 0.6) is 0 Å². The molecule has 532 valence electrons. The number of aromatic nitrogens is 12. The third kappa shape index (κ3) is 12.1. The summed E-state index contributed by atoms with van der Waals surface area (Å²) in [6.45, 7) is 20.2. The lowest BCUT2D eigenvalue weighted by Crippen LogP contribution is -2.30. The molecular weight excluding hydrogens is 1370 g/mol. The number of nitrogens with zero attached hydrogens (tertiary/aromatic N) is 12. The van der Waals surface area contributed by atoms with E-state index in [9.17, 15) is 0 Å². The summed E-state index contributed by atoms with van der Waals surface area (Å²) in [5.74, 6) is 4.00. The topological polar surface area (TPSA) is 173 Å². The molecule has 0 radical (unpaired) electrons. The van der Waals surface area contributed by atoms with Crippen molar-refractivity contribution in [3.05, 3.63) is 240 Å². The average molecular weight is 1450 g/mol. The minimum absolute atomic E-state index is 0.563. The van der Waals surface area contributed by atoms with Crippen molar-refractivity contribution >= 4 is 130 Å². The average Bonchev–Trinajstić information content (AvgIpc) is 1.60. The zero-order chi connectivity index (χ0) is 74.5. The standard InChI is InChI=1S/2C18H18N3O.C17H15N2O2.2C17H15N2OS/c1-11-8-9-13-16-18(19-12(2)21(16)4)22-17(13)15(11)14-7-5-6-10-20(14)3;1-11-8-9-13-16-18(21(4)12(2)19-16)22-17(13)15(11)14-7-5-6-10-20(14)3;1-10-7-8-12-15(21-17-16(12)20-11(2)18-17)14(10)13-6-4-5-9-19(13)3;1-10-7-8-12-15-17(18-11(2)20-15)21-16(12)14(10)13-6-4-5-9-19(13)3;1-10-7-8-12-15-17(20-11(2)18-15)21-16(12)14(10)13-6-4-5-9-19(13)3/h2*5-10H,1-4H3;3*4-9H,1-3H3/q5*+1. The monoisotopic (exact) mass is 1450 g/mol. The fourth-order valence-electron chi connectivity index (χ4n) is 14.6. The van der Waals surface area contributed by atoms with Crippen LogP contribution in [0.1, 0.15) is 57.1 Å². The summed E-state index contributed by atoms with van der Waals surface area (Å²) >= 11 is 3.39. The SMILES string of the molecule is Cc1ccc2c(oc3c2nc(C)n3C)c1-c1cccc[n+]1C.Cc1ccc2c(oc3nc(C)n(C)c32)c1-c1cccc[n+]1C.Cc1nc2c(o1)sc1c(-c3cccc[n+]3C)c(C)ccc12.Cc1nc2oc3c(-c4cccc[n+]4C)c(C)ccc3c2o1.Cc1nc2sc3c(-c4cccc[n+]4C)c(C)ccc3c2o1. The zero-order valence-electron chi connectivity index (χ0n) is 63.0. The maximum atomic E-state index is 6.21. The largest absolute Gasteiger partial charge is 0.439 e. The number of fused-ring (bicyclic) bond motifs is 15. The second-order valence-corrected chi connectivity index (χ2v) is 29.5. The molecule has 5 aromatic carbocycles. The molecule has 0 aliphatic carbocycles. The van der Waals surface area contributed by atoms with E-state index in [1.165, 1.54) is 59.6 Å². The number of hydrogen-bond acceptors (Lipinski definition) is 13. The van der Waals surface area contributed by atoms with Gasteiger partial charge >= 0.3 is 0 Å². The van der Waals surface area contributed by atoms with Crippen molar-refractivity contribution in [2.75, 3.05) is 0 Å². The van der Waals surface area contributed by atoms with Crippen LogP contribution < -0.4 is 22.8 Å². The number of oxazole rings is 3. The van der Waals surface area contributed by atoms with E-state index in [0.29, 0.717) is 17.3 Å². The summed E-state index contributed by atoms with van der Waals surface area (Å²) in [6.07, 6.45) is 10.3. The van der Waals surface area contributed by atoms with Crippen LogP contribution in [0.4, 0.5) is 0 Å². The Morgan fingerprint density at radius 1 is 0.308 bits per heavy atom. The molecule has 0 unspecified atom stereocenters. The molecule has 107 heavy (non-hydrogen) atoms. The maximum Gasteiger partial charge on any atom is 0.267 e. The van der Waals surface area contributed by atoms with Crippen molar-refractivity contribution in [1.82, 2.24) is 34.1 Å². The van der Waals surface area contributed by atoms with Gasteiger partial charge in [-0.2, -0.15) is 9.97 Å². The third-order valence-corrected chi connectivity index (χ3v) is 22.5. The summed E-state index contributed by atoms with van der Waals surface area (Å²) < 4.78 is 52.7. The fourth-order valence-corrected chi connectivity index (χ4v) is 17.1. The van der Waals surface area contributed by atoms with E-state index in [1.807, 2.05) is 109 Å². The number of pyridine rings is 5. The van der Waals surface area contributed by atoms with Gasteiger partial charge in [-0.05, 0) is 131 Å². The van der Waals surface area contributed by atoms with Crippen LogP contribution in [0, 0.1) is 69.2 Å². The second kappa shape index (κ2) is 27.3. The van der Waals surface area contributed by atoms with Crippen molar-refractivity contribution < 1.29 is 49.3 Å². The number of rotatable bonds is 5. The molecule has 20 rings (SSSR count). The molecule has 0 bridgehead atoms. The van der Waals surface area contributed by atoms with E-state index in [0.717, 1.165) is 144 Å². The van der Waals surface area contributed by atoms with Crippen LogP contribution in [-0.4, -0.2) is 34.1 Å². The number of benzene rings is 5. The van der Waals surface area contributed by atoms with Crippen LogP contribution in [0.2, 0.25) is 0 Å². The Morgan fingerprint density at radius 2 is 0.710 bits per heavy atom. The highest BCUT2D eigenvalue weighted by atomic mass is 32.1. The molecule has 20 heteroatoms. The lowest BCUT2D eigenvalue weighted by Gasteiger charge is -2.05. The van der Waals surface area contributed by atoms with Crippen LogP contribution in [0.3, 0.4) is 0 Å². The first-order valence-electron chi connectivity index (χ1n) is 35.4. The molecule has 0 spiro atoms. The summed E-state index contributed by atoms with van der Waals surface area (Å²) in [5.41, 5.74) is 27.2. The lowest BCUT2D eigenvalue weighted by atomic mass is 10.0. The second-order valence-electron chi connectivity index (χ2n) is 27.5. The summed E-state index contributed by atoms with van der Waals surface area (Å²) in [4.78, 5) is 24.4. The number of aryl methyl sites for hydroxylation is 17. The summed E-state index contributed by atoms with van der Waals surface area (Å²) in [5, 5.41) is 5.48. The molecule has 0 N–H and O–H groups in total. The Labute approximate surface area is 624 Å². The third-order valence-electron chi connectivity index (χ3n) is 20.3. The maximum absolute atomic E-state index is 6.21. The van der Waals surface area contributed by atoms with Gasteiger partial charge in [0.25, 0.3) is 5.71 Å². The molecule has 15 aromatic heterocycles. The molecule has 15 heterocycles. The predicted octanol–water partition coefficient (Wildman–Crippen LogP) is 18.8. The normalized spacial score (nSPS) is 11.6. The van der Waals surface area contributed by atoms with Crippen LogP contribution in [0.15, 0.2) is 209 Å². The van der Waals surface area contributed by atoms with Gasteiger partial charge in [-0.25, -0.2) is 37.8 Å². The van der Waals surface area contributed by atoms with Gasteiger partial charge in [-0.15, -0.1) is 11.3 Å². The van der Waals surface area contributed by atoms with Crippen molar-refractivity contribution in [3.8, 4) is 56.3 Å². The summed E-state index contributed by atoms with van der Waals surface area (Å²) in [7, 11) is 14.3. The van der Waals surface area contributed by atoms with E-state index in [4.69, 9.17) is 26.5 Å². The Balaban J connectivity index is 0.000000102. The number of hydrogen-bond donors (Lipinski definition) is 0. The van der Waals surface area contributed by atoms with Crippen LogP contribution >= 0.6 is 22.7 Å². The number of imidazole rings is 2. The molecule has 0 aliphatic heterocycles. The van der Waals surface area contributed by atoms with E-state index in [1.54, 1.807) is 22.7 Å². The van der Waals surface area contributed by atoms with Gasteiger partial charge in [-0.3, -0.25) is 0 Å². The van der Waals surface area contributed by atoms with Crippen molar-refractivity contribution in [2.45, 2.75) is 69.2 Å². The molecule has 0 fully saturated rings. The molecular formula is C87H81N12O6S2+5. The van der Waals surface area contributed by atoms with E-state index >= 15 is 0 Å². The predicted molar refractivity (Wildman–Crippen MR) is 424 cm³/mol. The number of thiophene rings is 2. The quantitative estimate of drug-likeness (QED) is 0.150. The zero-order valence-corrected chi connectivity index (χ0v) is 64.6. The highest BCUT2D eigenvalue weighted by molar-refractivity contribution is 7.26. The van der Waals surface area contributed by atoms with Gasteiger partial charge in [0.15, 0.2) is 75.8 Å². The highest BCUT2D eigenvalue weighted by Crippen LogP contribution is 2.44. The first-order chi connectivity index (χ1) is 51.6. The smallest absolute Gasteiger partial charge is 0.267 e. The molecule has 0 atom stereocenters. The first kappa shape index (κ1) is 69.1. The van der Waals surface area contributed by atoms with Crippen LogP contribution in [-0.2, 0) is 49.3 Å². The van der Waals surface area contributed by atoms with Gasteiger partial charge in [0.2, 0.25) is 50.4 Å². The molecule has 0 saturated heterocycles. The Hall–Kier alpha value is -12.3. The van der Waals surface area contributed by atoms with Gasteiger partial charge in [0.1, 0.15) is 63.4 Å². The number of furan rings is 3. The lowest BCUT2D eigenvalue weighted by molar-refractivity contribution is -0.660. The molecule has 18 nitrogen and oxygen atoms in total. The first-order valence-corrected chi connectivity index (χ1v) is 37.1. The van der Waals surface area contributed by atoms with E-state index in [-0.39, 0.29) is 0 Å². The molecule has 0 amide bonds. The van der Waals surface area contributed by atoms with Crippen molar-refractivity contribution in [2.24, 2.45) is 49.3 Å². The van der Waals surface area contributed by atoms with E-state index in [2.05, 4.69) is 249 Å². The van der Waals surface area contributed by atoms with Crippen molar-refractivity contribution in [1.29, 1.82) is 0 Å².